The van der Waals surface area contributed by atoms with E-state index in [1.165, 1.54) is 6.07 Å². The van der Waals surface area contributed by atoms with Gasteiger partial charge in [0.15, 0.2) is 0 Å². The number of carbonyl (C=O) groups is 1. The van der Waals surface area contributed by atoms with E-state index in [1.807, 2.05) is 35.2 Å². The first-order valence-electron chi connectivity index (χ1n) is 10.9. The van der Waals surface area contributed by atoms with Crippen LogP contribution in [0.5, 0.6) is 0 Å². The molecule has 5 rings (SSSR count). The van der Waals surface area contributed by atoms with Gasteiger partial charge in [-0.2, -0.15) is 13.2 Å². The third-order valence-corrected chi connectivity index (χ3v) is 6.18. The number of piperidine rings is 1. The van der Waals surface area contributed by atoms with Crippen molar-refractivity contribution in [1.82, 2.24) is 14.9 Å². The Kier molecular flexibility index (Phi) is 5.23. The van der Waals surface area contributed by atoms with Crippen molar-refractivity contribution >= 4 is 22.6 Å². The van der Waals surface area contributed by atoms with Crippen LogP contribution in [0.25, 0.3) is 22.0 Å². The Hall–Kier alpha value is -3.16. The molecule has 1 saturated heterocycles. The van der Waals surface area contributed by atoms with E-state index < -0.39 is 11.9 Å². The maximum absolute atomic E-state index is 13.4. The minimum absolute atomic E-state index is 0.0961. The van der Waals surface area contributed by atoms with E-state index in [9.17, 15) is 18.0 Å². The fraction of sp³-hybridized carbons (Fsp3) is 0.375. The monoisotopic (exact) mass is 440 g/mol. The molecule has 2 fully saturated rings. The number of pyridine rings is 2. The quantitative estimate of drug-likeness (QED) is 0.611. The second kappa shape index (κ2) is 8.07. The first-order valence-corrected chi connectivity index (χ1v) is 10.9. The lowest BCUT2D eigenvalue weighted by Crippen LogP contribution is -2.43. The largest absolute Gasteiger partial charge is 0.433 e. The van der Waals surface area contributed by atoms with E-state index in [0.29, 0.717) is 29.9 Å². The van der Waals surface area contributed by atoms with E-state index in [4.69, 9.17) is 0 Å². The zero-order chi connectivity index (χ0) is 22.3. The van der Waals surface area contributed by atoms with Crippen LogP contribution in [-0.4, -0.2) is 39.9 Å². The zero-order valence-electron chi connectivity index (χ0n) is 17.4. The molecule has 0 atom stereocenters. The van der Waals surface area contributed by atoms with Gasteiger partial charge in [0, 0.05) is 42.2 Å². The molecule has 1 amide bonds. The second-order valence-electron chi connectivity index (χ2n) is 8.50. The average Bonchev–Trinajstić information content (AvgIpc) is 3.64. The number of likely N-dealkylation sites (tertiary alicyclic amines) is 1. The number of halogens is 3. The van der Waals surface area contributed by atoms with Crippen LogP contribution in [0.15, 0.2) is 48.7 Å². The van der Waals surface area contributed by atoms with Gasteiger partial charge in [-0.25, -0.2) is 9.97 Å². The summed E-state index contributed by atoms with van der Waals surface area (Å²) in [5.41, 5.74) is 0.661. The Balaban J connectivity index is 1.44. The zero-order valence-corrected chi connectivity index (χ0v) is 17.4. The molecular formula is C24H23F3N4O. The van der Waals surface area contributed by atoms with Gasteiger partial charge >= 0.3 is 6.18 Å². The van der Waals surface area contributed by atoms with Crippen LogP contribution >= 0.6 is 0 Å². The Labute approximate surface area is 183 Å². The lowest BCUT2D eigenvalue weighted by molar-refractivity contribution is -0.141. The molecule has 0 radical (unpaired) electrons. The highest BCUT2D eigenvalue weighted by Gasteiger charge is 2.35. The van der Waals surface area contributed by atoms with E-state index in [-0.39, 0.29) is 23.4 Å². The highest BCUT2D eigenvalue weighted by atomic mass is 19.4. The van der Waals surface area contributed by atoms with Crippen LogP contribution in [0.1, 0.15) is 31.4 Å². The molecule has 3 aromatic rings. The van der Waals surface area contributed by atoms with Gasteiger partial charge in [0.1, 0.15) is 11.5 Å². The number of aromatic nitrogens is 2. The molecule has 1 aliphatic heterocycles. The summed E-state index contributed by atoms with van der Waals surface area (Å²) in [6.45, 7) is 1.37. The van der Waals surface area contributed by atoms with Gasteiger partial charge in [-0.3, -0.25) is 4.79 Å². The van der Waals surface area contributed by atoms with E-state index in [1.54, 1.807) is 6.20 Å². The van der Waals surface area contributed by atoms with E-state index in [2.05, 4.69) is 15.3 Å². The van der Waals surface area contributed by atoms with Crippen LogP contribution in [-0.2, 0) is 11.0 Å². The summed E-state index contributed by atoms with van der Waals surface area (Å²) < 4.78 is 40.1. The summed E-state index contributed by atoms with van der Waals surface area (Å²) in [6, 6.07) is 11.7. The van der Waals surface area contributed by atoms with E-state index in [0.717, 1.165) is 37.3 Å². The van der Waals surface area contributed by atoms with Crippen molar-refractivity contribution in [2.45, 2.75) is 37.9 Å². The highest BCUT2D eigenvalue weighted by molar-refractivity contribution is 5.99. The first kappa shape index (κ1) is 20.7. The summed E-state index contributed by atoms with van der Waals surface area (Å²) in [5, 5.41) is 3.95. The fourth-order valence-electron chi connectivity index (χ4n) is 4.24. The lowest BCUT2D eigenvalue weighted by atomic mass is 10.0. The SMILES string of the molecule is O=C(C1CC1)N1CCC(Nc2ncc(-c3ccccc3)c3nc(C(F)(F)F)ccc23)CC1. The summed E-state index contributed by atoms with van der Waals surface area (Å²) in [6.07, 6.45) is 0.590. The number of rotatable bonds is 4. The molecule has 1 saturated carbocycles. The Bertz CT molecular complexity index is 1140. The predicted octanol–water partition coefficient (Wildman–Crippen LogP) is 5.13. The topological polar surface area (TPSA) is 58.1 Å². The Morgan fingerprint density at radius 2 is 1.72 bits per heavy atom. The van der Waals surface area contributed by atoms with Crippen molar-refractivity contribution in [2.75, 3.05) is 18.4 Å². The molecular weight excluding hydrogens is 417 g/mol. The van der Waals surface area contributed by atoms with Crippen LogP contribution in [0.3, 0.4) is 0 Å². The van der Waals surface area contributed by atoms with Crippen LogP contribution in [0.4, 0.5) is 19.0 Å². The summed E-state index contributed by atoms with van der Waals surface area (Å²) in [5.74, 6) is 0.987. The fourth-order valence-corrected chi connectivity index (χ4v) is 4.24. The van der Waals surface area contributed by atoms with Gasteiger partial charge in [0.05, 0.1) is 5.52 Å². The van der Waals surface area contributed by atoms with Gasteiger partial charge in [-0.05, 0) is 43.4 Å². The molecule has 2 aromatic heterocycles. The predicted molar refractivity (Wildman–Crippen MR) is 116 cm³/mol. The summed E-state index contributed by atoms with van der Waals surface area (Å²) in [4.78, 5) is 22.7. The number of nitrogens with one attached hydrogen (secondary N) is 1. The molecule has 0 spiro atoms. The molecule has 5 nitrogen and oxygen atoms in total. The van der Waals surface area contributed by atoms with Gasteiger partial charge in [0.25, 0.3) is 0 Å². The molecule has 2 aliphatic rings. The van der Waals surface area contributed by atoms with Gasteiger partial charge in [-0.1, -0.05) is 30.3 Å². The third-order valence-electron chi connectivity index (χ3n) is 6.18. The average molecular weight is 440 g/mol. The normalized spacial score (nSPS) is 17.5. The molecule has 166 valence electrons. The number of amides is 1. The number of benzene rings is 1. The van der Waals surface area contributed by atoms with Crippen molar-refractivity contribution in [1.29, 1.82) is 0 Å². The molecule has 1 aromatic carbocycles. The van der Waals surface area contributed by atoms with Gasteiger partial charge in [-0.15, -0.1) is 0 Å². The Morgan fingerprint density at radius 3 is 2.38 bits per heavy atom. The maximum Gasteiger partial charge on any atom is 0.433 e. The third kappa shape index (κ3) is 4.13. The highest BCUT2D eigenvalue weighted by Crippen LogP contribution is 2.36. The van der Waals surface area contributed by atoms with Crippen LogP contribution < -0.4 is 5.32 Å². The second-order valence-corrected chi connectivity index (χ2v) is 8.50. The molecule has 0 unspecified atom stereocenters. The number of hydrogen-bond donors (Lipinski definition) is 1. The standard InChI is InChI=1S/C24H23F3N4O/c25-24(26,27)20-9-8-18-21(30-20)19(15-4-2-1-3-5-15)14-28-22(18)29-17-10-12-31(13-11-17)23(32)16-6-7-16/h1-5,8-9,14,16-17H,6-7,10-13H2,(H,28,29). The van der Waals surface area contributed by atoms with Crippen molar-refractivity contribution in [3.8, 4) is 11.1 Å². The number of nitrogens with zero attached hydrogens (tertiary/aromatic N) is 3. The summed E-state index contributed by atoms with van der Waals surface area (Å²) in [7, 11) is 0. The number of fused-ring (bicyclic) bond motifs is 1. The number of alkyl halides is 3. The minimum atomic E-state index is -4.53. The number of hydrogen-bond acceptors (Lipinski definition) is 4. The van der Waals surface area contributed by atoms with Crippen molar-refractivity contribution in [2.24, 2.45) is 5.92 Å². The van der Waals surface area contributed by atoms with Gasteiger partial charge in [0.2, 0.25) is 5.91 Å². The molecule has 1 N–H and O–H groups in total. The number of anilines is 1. The van der Waals surface area contributed by atoms with Crippen molar-refractivity contribution in [3.63, 3.8) is 0 Å². The van der Waals surface area contributed by atoms with Crippen molar-refractivity contribution in [3.05, 3.63) is 54.4 Å². The summed E-state index contributed by atoms with van der Waals surface area (Å²) >= 11 is 0. The Morgan fingerprint density at radius 1 is 1.00 bits per heavy atom. The molecule has 8 heteroatoms. The van der Waals surface area contributed by atoms with Crippen molar-refractivity contribution < 1.29 is 18.0 Å². The first-order chi connectivity index (χ1) is 15.4. The smallest absolute Gasteiger partial charge is 0.367 e. The number of carbonyl (C=O) groups excluding carboxylic acids is 1. The molecule has 1 aliphatic carbocycles. The molecule has 0 bridgehead atoms. The minimum Gasteiger partial charge on any atom is -0.367 e. The molecule has 32 heavy (non-hydrogen) atoms. The lowest BCUT2D eigenvalue weighted by Gasteiger charge is -2.33. The van der Waals surface area contributed by atoms with Crippen LogP contribution in [0.2, 0.25) is 0 Å². The maximum atomic E-state index is 13.4. The van der Waals surface area contributed by atoms with Crippen LogP contribution in [0, 0.1) is 5.92 Å². The molecule has 3 heterocycles. The van der Waals surface area contributed by atoms with E-state index >= 15 is 0 Å². The van der Waals surface area contributed by atoms with Gasteiger partial charge < -0.3 is 10.2 Å².